The Morgan fingerprint density at radius 2 is 2.21 bits per heavy atom. The molecule has 0 atom stereocenters. The molecule has 0 spiro atoms. The molecule has 0 aliphatic carbocycles. The van der Waals surface area contributed by atoms with E-state index < -0.39 is 0 Å². The molecule has 1 aliphatic rings. The normalized spacial score (nSPS) is 17.1. The van der Waals surface area contributed by atoms with Crippen molar-refractivity contribution in [3.8, 4) is 0 Å². The Morgan fingerprint density at radius 1 is 1.42 bits per heavy atom. The predicted molar refractivity (Wildman–Crippen MR) is 77.5 cm³/mol. The van der Waals surface area contributed by atoms with E-state index in [9.17, 15) is 0 Å². The molecule has 1 aliphatic heterocycles. The number of fused-ring (bicyclic) bond motifs is 1. The summed E-state index contributed by atoms with van der Waals surface area (Å²) >= 11 is 1.60. The number of nitrogen functional groups attached to an aromatic ring is 1. The van der Waals surface area contributed by atoms with Crippen molar-refractivity contribution in [1.29, 1.82) is 0 Å². The van der Waals surface area contributed by atoms with Gasteiger partial charge in [-0.2, -0.15) is 4.98 Å². The zero-order chi connectivity index (χ0) is 13.2. The molecule has 1 fully saturated rings. The van der Waals surface area contributed by atoms with Gasteiger partial charge in [0.1, 0.15) is 10.6 Å². The standard InChI is InChI=1S/C12H17N5OS/c1-18-8-2-5-17(6-3-8)10-9-4-7-19-11(9)15-12(14-10)16-13/h4,7-8H,2-3,5-6,13H2,1H3,(H,14,15,16). The highest BCUT2D eigenvalue weighted by molar-refractivity contribution is 7.16. The first kappa shape index (κ1) is 12.6. The van der Waals surface area contributed by atoms with Crippen LogP contribution in [0.5, 0.6) is 0 Å². The largest absolute Gasteiger partial charge is 0.381 e. The SMILES string of the molecule is COC1CCN(c2nc(NN)nc3sccc23)CC1. The number of piperidine rings is 1. The van der Waals surface area contributed by atoms with Crippen molar-refractivity contribution in [2.24, 2.45) is 5.84 Å². The van der Waals surface area contributed by atoms with Crippen LogP contribution >= 0.6 is 11.3 Å². The van der Waals surface area contributed by atoms with E-state index >= 15 is 0 Å². The van der Waals surface area contributed by atoms with Crippen molar-refractivity contribution in [2.75, 3.05) is 30.5 Å². The zero-order valence-corrected chi connectivity index (χ0v) is 11.6. The van der Waals surface area contributed by atoms with Gasteiger partial charge in [-0.1, -0.05) is 0 Å². The number of ether oxygens (including phenoxy) is 1. The average Bonchev–Trinajstić information content (AvgIpc) is 2.94. The molecule has 1 saturated heterocycles. The lowest BCUT2D eigenvalue weighted by Crippen LogP contribution is -2.37. The fraction of sp³-hybridized carbons (Fsp3) is 0.500. The maximum Gasteiger partial charge on any atom is 0.240 e. The quantitative estimate of drug-likeness (QED) is 0.656. The van der Waals surface area contributed by atoms with Crippen LogP contribution in [0.15, 0.2) is 11.4 Å². The van der Waals surface area contributed by atoms with Gasteiger partial charge in [-0.3, -0.25) is 5.43 Å². The van der Waals surface area contributed by atoms with Crippen LogP contribution in [0.3, 0.4) is 0 Å². The van der Waals surface area contributed by atoms with E-state index in [1.165, 1.54) is 0 Å². The van der Waals surface area contributed by atoms with Crippen LogP contribution in [0, 0.1) is 0 Å². The van der Waals surface area contributed by atoms with Crippen molar-refractivity contribution in [3.63, 3.8) is 0 Å². The molecule has 0 amide bonds. The minimum absolute atomic E-state index is 0.364. The molecule has 6 nitrogen and oxygen atoms in total. The number of nitrogens with one attached hydrogen (secondary N) is 1. The highest BCUT2D eigenvalue weighted by Gasteiger charge is 2.22. The van der Waals surface area contributed by atoms with Crippen LogP contribution in [0.2, 0.25) is 0 Å². The molecule has 7 heteroatoms. The van der Waals surface area contributed by atoms with E-state index in [1.807, 2.05) is 5.38 Å². The van der Waals surface area contributed by atoms with Gasteiger partial charge in [0.05, 0.1) is 11.5 Å². The third-order valence-electron chi connectivity index (χ3n) is 3.51. The predicted octanol–water partition coefficient (Wildman–Crippen LogP) is 1.59. The lowest BCUT2D eigenvalue weighted by molar-refractivity contribution is 0.0818. The van der Waals surface area contributed by atoms with Gasteiger partial charge in [0, 0.05) is 20.2 Å². The summed E-state index contributed by atoms with van der Waals surface area (Å²) in [6.45, 7) is 1.90. The lowest BCUT2D eigenvalue weighted by atomic mass is 10.1. The van der Waals surface area contributed by atoms with Crippen molar-refractivity contribution >= 4 is 33.3 Å². The third-order valence-corrected chi connectivity index (χ3v) is 4.32. The van der Waals surface area contributed by atoms with E-state index in [2.05, 4.69) is 26.4 Å². The van der Waals surface area contributed by atoms with Crippen LogP contribution in [0.4, 0.5) is 11.8 Å². The number of aromatic nitrogens is 2. The fourth-order valence-electron chi connectivity index (χ4n) is 2.45. The maximum atomic E-state index is 5.44. The number of nitrogens with two attached hydrogens (primary N) is 1. The number of nitrogens with zero attached hydrogens (tertiary/aromatic N) is 3. The number of hydrogen-bond donors (Lipinski definition) is 2. The minimum atomic E-state index is 0.364. The highest BCUT2D eigenvalue weighted by Crippen LogP contribution is 2.30. The summed E-state index contributed by atoms with van der Waals surface area (Å²) in [6, 6.07) is 2.07. The molecular weight excluding hydrogens is 262 g/mol. The average molecular weight is 279 g/mol. The highest BCUT2D eigenvalue weighted by atomic mass is 32.1. The van der Waals surface area contributed by atoms with Crippen LogP contribution in [-0.4, -0.2) is 36.3 Å². The first-order chi connectivity index (χ1) is 9.31. The first-order valence-electron chi connectivity index (χ1n) is 6.31. The number of anilines is 2. The smallest absolute Gasteiger partial charge is 0.240 e. The molecule has 0 radical (unpaired) electrons. The van der Waals surface area contributed by atoms with Gasteiger partial charge >= 0.3 is 0 Å². The Hall–Kier alpha value is -1.44. The molecule has 2 aromatic heterocycles. The number of hydrogen-bond acceptors (Lipinski definition) is 7. The van der Waals surface area contributed by atoms with Gasteiger partial charge in [0.15, 0.2) is 0 Å². The van der Waals surface area contributed by atoms with Crippen LogP contribution in [-0.2, 0) is 4.74 Å². The Balaban J connectivity index is 1.93. The van der Waals surface area contributed by atoms with Gasteiger partial charge in [-0.15, -0.1) is 11.3 Å². The Bertz CT molecular complexity index is 564. The molecule has 3 rings (SSSR count). The van der Waals surface area contributed by atoms with Gasteiger partial charge < -0.3 is 9.64 Å². The van der Waals surface area contributed by atoms with Gasteiger partial charge in [-0.05, 0) is 24.3 Å². The fourth-order valence-corrected chi connectivity index (χ4v) is 3.21. The summed E-state index contributed by atoms with van der Waals surface area (Å²) in [5.74, 6) is 6.88. The maximum absolute atomic E-state index is 5.44. The summed E-state index contributed by atoms with van der Waals surface area (Å²) in [6.07, 6.45) is 2.41. The van der Waals surface area contributed by atoms with Crippen molar-refractivity contribution < 1.29 is 4.74 Å². The van der Waals surface area contributed by atoms with Crippen LogP contribution < -0.4 is 16.2 Å². The Kier molecular flexibility index (Phi) is 3.50. The molecule has 3 heterocycles. The summed E-state index contributed by atoms with van der Waals surface area (Å²) in [5.41, 5.74) is 2.54. The van der Waals surface area contributed by atoms with Crippen LogP contribution in [0.25, 0.3) is 10.2 Å². The number of methoxy groups -OCH3 is 1. The van der Waals surface area contributed by atoms with E-state index in [0.717, 1.165) is 42.0 Å². The van der Waals surface area contributed by atoms with Gasteiger partial charge in [-0.25, -0.2) is 10.8 Å². The lowest BCUT2D eigenvalue weighted by Gasteiger charge is -2.32. The first-order valence-corrected chi connectivity index (χ1v) is 7.19. The minimum Gasteiger partial charge on any atom is -0.381 e. The molecule has 0 bridgehead atoms. The van der Waals surface area contributed by atoms with Crippen LogP contribution in [0.1, 0.15) is 12.8 Å². The second-order valence-electron chi connectivity index (χ2n) is 4.58. The molecule has 0 saturated carbocycles. The van der Waals surface area contributed by atoms with E-state index in [-0.39, 0.29) is 0 Å². The second-order valence-corrected chi connectivity index (χ2v) is 5.47. The number of rotatable bonds is 3. The topological polar surface area (TPSA) is 76.3 Å². The summed E-state index contributed by atoms with van der Waals surface area (Å²) in [4.78, 5) is 12.1. The molecule has 0 unspecified atom stereocenters. The summed E-state index contributed by atoms with van der Waals surface area (Å²) in [5, 5.41) is 3.13. The van der Waals surface area contributed by atoms with Crippen molar-refractivity contribution in [3.05, 3.63) is 11.4 Å². The van der Waals surface area contributed by atoms with E-state index in [0.29, 0.717) is 12.1 Å². The summed E-state index contributed by atoms with van der Waals surface area (Å²) < 4.78 is 5.40. The molecule has 102 valence electrons. The molecule has 19 heavy (non-hydrogen) atoms. The van der Waals surface area contributed by atoms with Gasteiger partial charge in [0.25, 0.3) is 0 Å². The second kappa shape index (κ2) is 5.28. The molecule has 2 aromatic rings. The number of thiophene rings is 1. The van der Waals surface area contributed by atoms with E-state index in [1.54, 1.807) is 18.4 Å². The molecular formula is C12H17N5OS. The molecule has 3 N–H and O–H groups in total. The van der Waals surface area contributed by atoms with Gasteiger partial charge in [0.2, 0.25) is 5.95 Å². The Morgan fingerprint density at radius 3 is 2.89 bits per heavy atom. The monoisotopic (exact) mass is 279 g/mol. The third kappa shape index (κ3) is 2.36. The molecule has 0 aromatic carbocycles. The van der Waals surface area contributed by atoms with E-state index in [4.69, 9.17) is 10.6 Å². The Labute approximate surface area is 115 Å². The zero-order valence-electron chi connectivity index (χ0n) is 10.8. The van der Waals surface area contributed by atoms with Crippen molar-refractivity contribution in [2.45, 2.75) is 18.9 Å². The van der Waals surface area contributed by atoms with Crippen molar-refractivity contribution in [1.82, 2.24) is 9.97 Å². The summed E-state index contributed by atoms with van der Waals surface area (Å²) in [7, 11) is 1.78. The number of hydrazine groups is 1.